The van der Waals surface area contributed by atoms with Gasteiger partial charge in [0.15, 0.2) is 11.5 Å². The highest BCUT2D eigenvalue weighted by Crippen LogP contribution is 2.23. The first-order valence-corrected chi connectivity index (χ1v) is 8.42. The number of ether oxygens (including phenoxy) is 1. The Morgan fingerprint density at radius 2 is 2.08 bits per heavy atom. The molecule has 3 aromatic rings. The fourth-order valence-electron chi connectivity index (χ4n) is 3.24. The van der Waals surface area contributed by atoms with Gasteiger partial charge in [0.05, 0.1) is 18.5 Å². The van der Waals surface area contributed by atoms with Crippen molar-refractivity contribution >= 4 is 23.0 Å². The number of imidazole rings is 1. The van der Waals surface area contributed by atoms with E-state index in [1.165, 1.54) is 23.9 Å². The van der Waals surface area contributed by atoms with Crippen LogP contribution in [0.5, 0.6) is 0 Å². The second kappa shape index (κ2) is 6.51. The van der Waals surface area contributed by atoms with E-state index < -0.39 is 0 Å². The van der Waals surface area contributed by atoms with E-state index in [-0.39, 0.29) is 5.97 Å². The molecule has 7 nitrogen and oxygen atoms in total. The number of nitrogens with zero attached hydrogens (tertiary/aromatic N) is 4. The maximum Gasteiger partial charge on any atom is 0.338 e. The van der Waals surface area contributed by atoms with Crippen molar-refractivity contribution < 1.29 is 9.53 Å². The van der Waals surface area contributed by atoms with E-state index in [1.54, 1.807) is 6.33 Å². The lowest BCUT2D eigenvalue weighted by molar-refractivity contribution is 0.0496. The smallest absolute Gasteiger partial charge is 0.338 e. The molecule has 0 radical (unpaired) electrons. The minimum Gasteiger partial charge on any atom is -0.462 e. The summed E-state index contributed by atoms with van der Waals surface area (Å²) in [6, 6.07) is 5.87. The number of rotatable bonds is 5. The van der Waals surface area contributed by atoms with Gasteiger partial charge < -0.3 is 15.0 Å². The first-order chi connectivity index (χ1) is 12.2. The average Bonchev–Trinajstić information content (AvgIpc) is 3.25. The van der Waals surface area contributed by atoms with Crippen LogP contribution in [-0.2, 0) is 24.1 Å². The maximum atomic E-state index is 12.2. The number of carbonyl (C=O) groups is 1. The molecule has 7 heteroatoms. The van der Waals surface area contributed by atoms with Gasteiger partial charge >= 0.3 is 5.97 Å². The SMILES string of the molecule is Nc1ncnc2c1ncn2CCCOC(=O)c1ccc2c(c1)CCC2. The molecule has 128 valence electrons. The van der Waals surface area contributed by atoms with Crippen LogP contribution < -0.4 is 5.73 Å². The molecule has 0 aliphatic heterocycles. The van der Waals surface area contributed by atoms with Crippen molar-refractivity contribution in [2.75, 3.05) is 12.3 Å². The Hall–Kier alpha value is -2.96. The number of aromatic nitrogens is 4. The Morgan fingerprint density at radius 1 is 1.20 bits per heavy atom. The fraction of sp³-hybridized carbons (Fsp3) is 0.333. The maximum absolute atomic E-state index is 12.2. The highest BCUT2D eigenvalue weighted by molar-refractivity contribution is 5.89. The summed E-state index contributed by atoms with van der Waals surface area (Å²) < 4.78 is 7.28. The van der Waals surface area contributed by atoms with Crippen molar-refractivity contribution in [3.05, 3.63) is 47.5 Å². The number of aryl methyl sites for hydroxylation is 3. The molecule has 2 aromatic heterocycles. The van der Waals surface area contributed by atoms with E-state index in [1.807, 2.05) is 22.8 Å². The summed E-state index contributed by atoms with van der Waals surface area (Å²) in [5, 5.41) is 0. The molecule has 0 saturated carbocycles. The van der Waals surface area contributed by atoms with Crippen molar-refractivity contribution in [2.45, 2.75) is 32.2 Å². The van der Waals surface area contributed by atoms with Crippen LogP contribution in [0.4, 0.5) is 5.82 Å². The third-order valence-electron chi connectivity index (χ3n) is 4.54. The summed E-state index contributed by atoms with van der Waals surface area (Å²) >= 11 is 0. The van der Waals surface area contributed by atoms with Crippen molar-refractivity contribution in [1.29, 1.82) is 0 Å². The second-order valence-electron chi connectivity index (χ2n) is 6.20. The van der Waals surface area contributed by atoms with Crippen molar-refractivity contribution in [2.24, 2.45) is 0 Å². The van der Waals surface area contributed by atoms with Gasteiger partial charge in [-0.2, -0.15) is 0 Å². The minimum absolute atomic E-state index is 0.267. The molecule has 1 aromatic carbocycles. The molecule has 0 saturated heterocycles. The Balaban J connectivity index is 1.33. The lowest BCUT2D eigenvalue weighted by Gasteiger charge is -2.07. The number of benzene rings is 1. The van der Waals surface area contributed by atoms with Crippen LogP contribution in [0.25, 0.3) is 11.2 Å². The topological polar surface area (TPSA) is 95.9 Å². The molecule has 4 rings (SSSR count). The lowest BCUT2D eigenvalue weighted by Crippen LogP contribution is -2.09. The molecule has 1 aliphatic carbocycles. The Labute approximate surface area is 144 Å². The van der Waals surface area contributed by atoms with Crippen LogP contribution >= 0.6 is 0 Å². The number of fused-ring (bicyclic) bond motifs is 2. The first kappa shape index (κ1) is 15.6. The highest BCUT2D eigenvalue weighted by atomic mass is 16.5. The molecule has 0 unspecified atom stereocenters. The molecule has 0 fully saturated rings. The molecule has 0 atom stereocenters. The van der Waals surface area contributed by atoms with Crippen LogP contribution in [0.15, 0.2) is 30.9 Å². The average molecular weight is 337 g/mol. The van der Waals surface area contributed by atoms with Gasteiger partial charge in [-0.3, -0.25) is 0 Å². The Bertz CT molecular complexity index is 934. The third kappa shape index (κ3) is 3.05. The number of nitrogens with two attached hydrogens (primary N) is 1. The van der Waals surface area contributed by atoms with Crippen LogP contribution in [0.3, 0.4) is 0 Å². The summed E-state index contributed by atoms with van der Waals surface area (Å²) in [6.07, 6.45) is 7.10. The van der Waals surface area contributed by atoms with E-state index in [9.17, 15) is 4.79 Å². The number of carbonyl (C=O) groups excluding carboxylic acids is 1. The van der Waals surface area contributed by atoms with Gasteiger partial charge in [-0.1, -0.05) is 6.07 Å². The lowest BCUT2D eigenvalue weighted by atomic mass is 10.1. The summed E-state index contributed by atoms with van der Waals surface area (Å²) in [5.74, 6) is 0.101. The molecule has 0 bridgehead atoms. The first-order valence-electron chi connectivity index (χ1n) is 8.42. The van der Waals surface area contributed by atoms with Gasteiger partial charge in [0, 0.05) is 6.54 Å². The Kier molecular flexibility index (Phi) is 4.05. The molecule has 1 aliphatic rings. The zero-order valence-electron chi connectivity index (χ0n) is 13.8. The standard InChI is InChI=1S/C18H19N5O2/c19-16-15-17(21-10-20-16)23(11-22-15)7-2-8-25-18(24)14-6-5-12-3-1-4-13(12)9-14/h5-6,9-11H,1-4,7-8H2,(H2,19,20,21). The van der Waals surface area contributed by atoms with Crippen LogP contribution in [0, 0.1) is 0 Å². The van der Waals surface area contributed by atoms with Gasteiger partial charge in [-0.25, -0.2) is 19.7 Å². The largest absolute Gasteiger partial charge is 0.462 e. The van der Waals surface area contributed by atoms with E-state index in [4.69, 9.17) is 10.5 Å². The van der Waals surface area contributed by atoms with E-state index in [0.29, 0.717) is 42.1 Å². The van der Waals surface area contributed by atoms with Crippen LogP contribution in [0.1, 0.15) is 34.3 Å². The van der Waals surface area contributed by atoms with E-state index in [2.05, 4.69) is 15.0 Å². The number of esters is 1. The zero-order valence-corrected chi connectivity index (χ0v) is 13.8. The van der Waals surface area contributed by atoms with Crippen molar-refractivity contribution in [3.8, 4) is 0 Å². The number of hydrogen-bond acceptors (Lipinski definition) is 6. The number of nitrogen functional groups attached to an aromatic ring is 1. The molecule has 0 amide bonds. The quantitative estimate of drug-likeness (QED) is 0.566. The molecule has 2 N–H and O–H groups in total. The molecular formula is C18H19N5O2. The summed E-state index contributed by atoms with van der Waals surface area (Å²) in [7, 11) is 0. The van der Waals surface area contributed by atoms with Gasteiger partial charge in [0.1, 0.15) is 11.8 Å². The van der Waals surface area contributed by atoms with E-state index >= 15 is 0 Å². The summed E-state index contributed by atoms with van der Waals surface area (Å²) in [5.41, 5.74) is 10.3. The molecule has 2 heterocycles. The second-order valence-corrected chi connectivity index (χ2v) is 6.20. The summed E-state index contributed by atoms with van der Waals surface area (Å²) in [6.45, 7) is 0.987. The van der Waals surface area contributed by atoms with Crippen molar-refractivity contribution in [1.82, 2.24) is 19.5 Å². The van der Waals surface area contributed by atoms with Gasteiger partial charge in [0.25, 0.3) is 0 Å². The van der Waals surface area contributed by atoms with E-state index in [0.717, 1.165) is 12.8 Å². The predicted octanol–water partition coefficient (Wildman–Crippen LogP) is 2.14. The fourth-order valence-corrected chi connectivity index (χ4v) is 3.24. The molecular weight excluding hydrogens is 318 g/mol. The van der Waals surface area contributed by atoms with Crippen LogP contribution in [0.2, 0.25) is 0 Å². The third-order valence-corrected chi connectivity index (χ3v) is 4.54. The van der Waals surface area contributed by atoms with Gasteiger partial charge in [-0.15, -0.1) is 0 Å². The normalized spacial score (nSPS) is 13.1. The zero-order chi connectivity index (χ0) is 17.2. The Morgan fingerprint density at radius 3 is 3.00 bits per heavy atom. The summed E-state index contributed by atoms with van der Waals surface area (Å²) in [4.78, 5) is 24.5. The number of anilines is 1. The van der Waals surface area contributed by atoms with Gasteiger partial charge in [0.2, 0.25) is 0 Å². The van der Waals surface area contributed by atoms with Crippen molar-refractivity contribution in [3.63, 3.8) is 0 Å². The molecule has 0 spiro atoms. The minimum atomic E-state index is -0.267. The predicted molar refractivity (Wildman–Crippen MR) is 93.1 cm³/mol. The monoisotopic (exact) mass is 337 g/mol. The molecule has 25 heavy (non-hydrogen) atoms. The van der Waals surface area contributed by atoms with Crippen LogP contribution in [-0.4, -0.2) is 32.1 Å². The number of hydrogen-bond donors (Lipinski definition) is 1. The highest BCUT2D eigenvalue weighted by Gasteiger charge is 2.14. The van der Waals surface area contributed by atoms with Gasteiger partial charge in [-0.05, 0) is 48.9 Å².